The van der Waals surface area contributed by atoms with E-state index in [0.29, 0.717) is 5.56 Å². The third kappa shape index (κ3) is 0.611. The molecule has 4 heteroatoms. The van der Waals surface area contributed by atoms with Crippen LogP contribution in [0, 0.1) is 11.3 Å². The molecular formula is C4H4N4. The largest absolute Gasteiger partial charge is 0.323 e. The van der Waals surface area contributed by atoms with Crippen LogP contribution in [0.4, 0.5) is 0 Å². The second-order valence-electron chi connectivity index (χ2n) is 1.32. The van der Waals surface area contributed by atoms with Crippen LogP contribution in [0.15, 0.2) is 12.4 Å². The molecule has 0 aliphatic carbocycles. The molecule has 0 atom stereocenters. The van der Waals surface area contributed by atoms with Gasteiger partial charge >= 0.3 is 0 Å². The van der Waals surface area contributed by atoms with Gasteiger partial charge in [-0.05, 0) is 0 Å². The number of aromatic nitrogens is 2. The predicted molar refractivity (Wildman–Crippen MR) is 27.1 cm³/mol. The van der Waals surface area contributed by atoms with E-state index in [2.05, 4.69) is 5.10 Å². The Balaban J connectivity index is 3.05. The average molecular weight is 108 g/mol. The lowest BCUT2D eigenvalue weighted by atomic mass is 10.4. The summed E-state index contributed by atoms with van der Waals surface area (Å²) in [7, 11) is 0. The smallest absolute Gasteiger partial charge is 0.103 e. The van der Waals surface area contributed by atoms with Crippen LogP contribution in [0.5, 0.6) is 0 Å². The number of nitrogens with zero attached hydrogens (tertiary/aromatic N) is 3. The lowest BCUT2D eigenvalue weighted by molar-refractivity contribution is 0.832. The van der Waals surface area contributed by atoms with Gasteiger partial charge in [-0.15, -0.1) is 0 Å². The van der Waals surface area contributed by atoms with E-state index in [9.17, 15) is 0 Å². The Labute approximate surface area is 46.1 Å². The van der Waals surface area contributed by atoms with Crippen molar-refractivity contribution in [2.24, 2.45) is 0 Å². The summed E-state index contributed by atoms with van der Waals surface area (Å²) in [6, 6.07) is 1.88. The summed E-state index contributed by atoms with van der Waals surface area (Å²) in [5.41, 5.74) is 0.479. The average Bonchev–Trinajstić information content (AvgIpc) is 2.14. The van der Waals surface area contributed by atoms with Gasteiger partial charge < -0.3 is 5.84 Å². The summed E-state index contributed by atoms with van der Waals surface area (Å²) in [4.78, 5) is 1.10. The van der Waals surface area contributed by atoms with E-state index in [1.165, 1.54) is 12.4 Å². The molecule has 0 spiro atoms. The Morgan fingerprint density at radius 3 is 2.88 bits per heavy atom. The summed E-state index contributed by atoms with van der Waals surface area (Å²) in [5.74, 6) is 5.11. The van der Waals surface area contributed by atoms with Crippen LogP contribution >= 0.6 is 0 Å². The van der Waals surface area contributed by atoms with Gasteiger partial charge in [-0.1, -0.05) is 0 Å². The lowest BCUT2D eigenvalue weighted by Gasteiger charge is -1.79. The van der Waals surface area contributed by atoms with Crippen molar-refractivity contribution >= 4 is 0 Å². The topological polar surface area (TPSA) is 67.6 Å². The molecule has 0 saturated carbocycles. The number of nitriles is 1. The fourth-order valence-corrected chi connectivity index (χ4v) is 0.396. The molecule has 0 aromatic carbocycles. The standard InChI is InChI=1S/C4H4N4/c5-1-4-2-7-8(6)3-4/h2-3H,6H2. The first-order chi connectivity index (χ1) is 3.83. The third-order valence-corrected chi connectivity index (χ3v) is 0.731. The molecule has 0 aliphatic rings. The van der Waals surface area contributed by atoms with Crippen LogP contribution in [0.25, 0.3) is 0 Å². The molecule has 1 heterocycles. The van der Waals surface area contributed by atoms with Crippen molar-refractivity contribution in [3.05, 3.63) is 18.0 Å². The number of rotatable bonds is 0. The molecule has 1 rings (SSSR count). The van der Waals surface area contributed by atoms with Crippen LogP contribution in [0.3, 0.4) is 0 Å². The highest BCUT2D eigenvalue weighted by Gasteiger charge is 1.88. The predicted octanol–water partition coefficient (Wildman–Crippen LogP) is -0.531. The number of hydrogen-bond donors (Lipinski definition) is 1. The minimum atomic E-state index is 0.479. The zero-order valence-electron chi connectivity index (χ0n) is 4.07. The van der Waals surface area contributed by atoms with Crippen molar-refractivity contribution in [3.8, 4) is 6.07 Å². The summed E-state index contributed by atoms with van der Waals surface area (Å²) in [5, 5.41) is 11.8. The molecule has 40 valence electrons. The third-order valence-electron chi connectivity index (χ3n) is 0.731. The number of nitrogen functional groups attached to an aromatic ring is 1. The first-order valence-electron chi connectivity index (χ1n) is 2.03. The van der Waals surface area contributed by atoms with Gasteiger partial charge in [0.25, 0.3) is 0 Å². The van der Waals surface area contributed by atoms with Gasteiger partial charge in [-0.2, -0.15) is 15.2 Å². The Morgan fingerprint density at radius 1 is 1.88 bits per heavy atom. The van der Waals surface area contributed by atoms with Crippen LogP contribution < -0.4 is 5.84 Å². The highest BCUT2D eigenvalue weighted by atomic mass is 15.5. The van der Waals surface area contributed by atoms with E-state index in [1.54, 1.807) is 0 Å². The lowest BCUT2D eigenvalue weighted by Crippen LogP contribution is -2.06. The van der Waals surface area contributed by atoms with Crippen molar-refractivity contribution < 1.29 is 0 Å². The van der Waals surface area contributed by atoms with E-state index in [0.717, 1.165) is 4.79 Å². The summed E-state index contributed by atoms with van der Waals surface area (Å²) < 4.78 is 0. The van der Waals surface area contributed by atoms with Crippen molar-refractivity contribution in [2.45, 2.75) is 0 Å². The quantitative estimate of drug-likeness (QED) is 0.454. The van der Waals surface area contributed by atoms with Crippen LogP contribution in [0.2, 0.25) is 0 Å². The normalized spacial score (nSPS) is 8.38. The fourth-order valence-electron chi connectivity index (χ4n) is 0.396. The van der Waals surface area contributed by atoms with Gasteiger partial charge in [-0.3, -0.25) is 0 Å². The first-order valence-corrected chi connectivity index (χ1v) is 2.03. The van der Waals surface area contributed by atoms with Gasteiger partial charge in [0, 0.05) is 0 Å². The fraction of sp³-hybridized carbons (Fsp3) is 0. The highest BCUT2D eigenvalue weighted by Crippen LogP contribution is 1.88. The molecule has 0 amide bonds. The van der Waals surface area contributed by atoms with E-state index in [4.69, 9.17) is 11.1 Å². The van der Waals surface area contributed by atoms with E-state index >= 15 is 0 Å². The molecule has 4 nitrogen and oxygen atoms in total. The second-order valence-corrected chi connectivity index (χ2v) is 1.32. The zero-order chi connectivity index (χ0) is 5.98. The van der Waals surface area contributed by atoms with Gasteiger partial charge in [-0.25, -0.2) is 0 Å². The Hall–Kier alpha value is -1.50. The van der Waals surface area contributed by atoms with E-state index in [-0.39, 0.29) is 0 Å². The maximum absolute atomic E-state index is 8.19. The number of nitrogens with two attached hydrogens (primary N) is 1. The Kier molecular flexibility index (Phi) is 0.897. The molecule has 0 unspecified atom stereocenters. The van der Waals surface area contributed by atoms with Crippen molar-refractivity contribution in [1.82, 2.24) is 9.89 Å². The maximum atomic E-state index is 8.19. The first kappa shape index (κ1) is 4.65. The van der Waals surface area contributed by atoms with E-state index < -0.39 is 0 Å². The second kappa shape index (κ2) is 1.54. The van der Waals surface area contributed by atoms with Gasteiger partial charge in [0.2, 0.25) is 0 Å². The molecule has 2 N–H and O–H groups in total. The van der Waals surface area contributed by atoms with Crippen LogP contribution in [-0.2, 0) is 0 Å². The van der Waals surface area contributed by atoms with Gasteiger partial charge in [0.15, 0.2) is 0 Å². The molecular weight excluding hydrogens is 104 g/mol. The van der Waals surface area contributed by atoms with Crippen LogP contribution in [-0.4, -0.2) is 9.89 Å². The van der Waals surface area contributed by atoms with Gasteiger partial charge in [0.05, 0.1) is 18.0 Å². The molecule has 0 radical (unpaired) electrons. The molecule has 0 saturated heterocycles. The van der Waals surface area contributed by atoms with Crippen molar-refractivity contribution in [2.75, 3.05) is 5.84 Å². The molecule has 1 aromatic heterocycles. The summed E-state index contributed by atoms with van der Waals surface area (Å²) in [6.07, 6.45) is 2.85. The number of hydrogen-bond acceptors (Lipinski definition) is 3. The summed E-state index contributed by atoms with van der Waals surface area (Å²) >= 11 is 0. The Morgan fingerprint density at radius 2 is 2.62 bits per heavy atom. The monoisotopic (exact) mass is 108 g/mol. The minimum Gasteiger partial charge on any atom is -0.323 e. The molecule has 1 aromatic rings. The molecule has 0 fully saturated rings. The minimum absolute atomic E-state index is 0.479. The Bertz CT molecular complexity index is 218. The molecule has 8 heavy (non-hydrogen) atoms. The van der Waals surface area contributed by atoms with Crippen molar-refractivity contribution in [1.29, 1.82) is 5.26 Å². The summed E-state index contributed by atoms with van der Waals surface area (Å²) in [6.45, 7) is 0. The van der Waals surface area contributed by atoms with E-state index in [1.807, 2.05) is 6.07 Å². The zero-order valence-corrected chi connectivity index (χ0v) is 4.07. The molecule has 0 aliphatic heterocycles. The van der Waals surface area contributed by atoms with Gasteiger partial charge in [0.1, 0.15) is 6.07 Å². The van der Waals surface area contributed by atoms with Crippen molar-refractivity contribution in [3.63, 3.8) is 0 Å². The SMILES string of the molecule is N#Cc1cnn(N)c1. The molecule has 0 bridgehead atoms. The van der Waals surface area contributed by atoms with Crippen LogP contribution in [0.1, 0.15) is 5.56 Å². The maximum Gasteiger partial charge on any atom is 0.103 e. The highest BCUT2D eigenvalue weighted by molar-refractivity contribution is 5.21.